The quantitative estimate of drug-likeness (QED) is 0.662. The highest BCUT2D eigenvalue weighted by Crippen LogP contribution is 2.53. The van der Waals surface area contributed by atoms with Crippen LogP contribution in [0.5, 0.6) is 5.75 Å². The molecule has 1 aliphatic carbocycles. The second kappa shape index (κ2) is 3.47. The molecule has 0 spiro atoms. The monoisotopic (exact) mass is 267 g/mol. The van der Waals surface area contributed by atoms with Gasteiger partial charge in [-0.3, -0.25) is 0 Å². The topological polar surface area (TPSA) is 49.7 Å². The molecule has 1 aromatic carbocycles. The fourth-order valence-electron chi connectivity index (χ4n) is 1.69. The maximum Gasteiger partial charge on any atom is 0.235 e. The van der Waals surface area contributed by atoms with Gasteiger partial charge in [0.15, 0.2) is 0 Å². The number of aliphatic imine (C=N–C) groups is 1. The summed E-state index contributed by atoms with van der Waals surface area (Å²) in [5.74, 6) is 0.187. The van der Waals surface area contributed by atoms with Gasteiger partial charge in [0, 0.05) is 5.56 Å². The predicted octanol–water partition coefficient (Wildman–Crippen LogP) is 2.79. The molecule has 2 rings (SSSR count). The summed E-state index contributed by atoms with van der Waals surface area (Å²) in [5.41, 5.74) is 1.16. The van der Waals surface area contributed by atoms with Crippen molar-refractivity contribution in [3.05, 3.63) is 27.7 Å². The molecule has 1 N–H and O–H groups in total. The van der Waals surface area contributed by atoms with Crippen molar-refractivity contribution < 1.29 is 9.90 Å². The summed E-state index contributed by atoms with van der Waals surface area (Å²) in [5, 5.41) is 9.94. The number of nitrogens with zero attached hydrogens (tertiary/aromatic N) is 1. The van der Waals surface area contributed by atoms with E-state index >= 15 is 0 Å². The van der Waals surface area contributed by atoms with Crippen LogP contribution in [-0.4, -0.2) is 11.2 Å². The standard InChI is InChI=1S/C11H10BrNO2/c1-7-2-3-8(10(15)9(7)12)11(4-5-11)13-6-14/h2-3,15H,4-5H2,1H3. The van der Waals surface area contributed by atoms with Crippen molar-refractivity contribution in [2.75, 3.05) is 0 Å². The van der Waals surface area contributed by atoms with Gasteiger partial charge in [0.05, 0.1) is 4.47 Å². The SMILES string of the molecule is Cc1ccc(C2(N=C=O)CC2)c(O)c1Br. The van der Waals surface area contributed by atoms with E-state index in [2.05, 4.69) is 20.9 Å². The van der Waals surface area contributed by atoms with Crippen molar-refractivity contribution in [1.29, 1.82) is 0 Å². The molecule has 0 radical (unpaired) electrons. The average Bonchev–Trinajstić information content (AvgIpc) is 2.96. The van der Waals surface area contributed by atoms with E-state index in [1.165, 1.54) is 0 Å². The van der Waals surface area contributed by atoms with Crippen LogP contribution in [0.25, 0.3) is 0 Å². The van der Waals surface area contributed by atoms with E-state index < -0.39 is 5.54 Å². The van der Waals surface area contributed by atoms with Gasteiger partial charge < -0.3 is 5.11 Å². The van der Waals surface area contributed by atoms with Crippen molar-refractivity contribution in [3.63, 3.8) is 0 Å². The lowest BCUT2D eigenvalue weighted by atomic mass is 10.0. The summed E-state index contributed by atoms with van der Waals surface area (Å²) < 4.78 is 0.673. The number of aromatic hydroxyl groups is 1. The van der Waals surface area contributed by atoms with E-state index in [1.54, 1.807) is 6.08 Å². The van der Waals surface area contributed by atoms with Crippen molar-refractivity contribution in [3.8, 4) is 5.75 Å². The Hall–Kier alpha value is -1.12. The van der Waals surface area contributed by atoms with Gasteiger partial charge in [0.2, 0.25) is 6.08 Å². The number of benzene rings is 1. The van der Waals surface area contributed by atoms with Crippen molar-refractivity contribution >= 4 is 22.0 Å². The zero-order chi connectivity index (χ0) is 11.1. The van der Waals surface area contributed by atoms with Crippen LogP contribution >= 0.6 is 15.9 Å². The lowest BCUT2D eigenvalue weighted by Crippen LogP contribution is -2.03. The number of halogens is 1. The molecule has 0 aliphatic heterocycles. The molecule has 0 unspecified atom stereocenters. The third kappa shape index (κ3) is 1.60. The van der Waals surface area contributed by atoms with Crippen LogP contribution in [0.3, 0.4) is 0 Å². The molecule has 0 amide bonds. The molecule has 78 valence electrons. The Balaban J connectivity index is 2.55. The number of aryl methyl sites for hydroxylation is 1. The van der Waals surface area contributed by atoms with Crippen molar-refractivity contribution in [1.82, 2.24) is 0 Å². The number of phenolic OH excluding ortho intramolecular Hbond substituents is 1. The molecule has 0 atom stereocenters. The van der Waals surface area contributed by atoms with Crippen LogP contribution in [0.15, 0.2) is 21.6 Å². The third-order valence-corrected chi connectivity index (χ3v) is 3.79. The van der Waals surface area contributed by atoms with Gasteiger partial charge in [-0.05, 0) is 41.3 Å². The Morgan fingerprint density at radius 2 is 2.20 bits per heavy atom. The number of phenols is 1. The molecule has 1 aliphatic rings. The van der Waals surface area contributed by atoms with Gasteiger partial charge in [0.25, 0.3) is 0 Å². The molecule has 15 heavy (non-hydrogen) atoms. The number of carbonyl (C=O) groups excluding carboxylic acids is 1. The largest absolute Gasteiger partial charge is 0.506 e. The van der Waals surface area contributed by atoms with Gasteiger partial charge in [-0.25, -0.2) is 4.79 Å². The van der Waals surface area contributed by atoms with Gasteiger partial charge in [-0.1, -0.05) is 12.1 Å². The van der Waals surface area contributed by atoms with E-state index in [1.807, 2.05) is 19.1 Å². The Morgan fingerprint density at radius 3 is 2.73 bits per heavy atom. The summed E-state index contributed by atoms with van der Waals surface area (Å²) in [6, 6.07) is 3.72. The number of hydrogen-bond acceptors (Lipinski definition) is 3. The van der Waals surface area contributed by atoms with Crippen LogP contribution in [0.1, 0.15) is 24.0 Å². The fraction of sp³-hybridized carbons (Fsp3) is 0.364. The van der Waals surface area contributed by atoms with E-state index in [9.17, 15) is 9.90 Å². The Bertz CT molecular complexity index is 460. The highest BCUT2D eigenvalue weighted by molar-refractivity contribution is 9.10. The van der Waals surface area contributed by atoms with Crippen molar-refractivity contribution in [2.45, 2.75) is 25.3 Å². The molecular weight excluding hydrogens is 258 g/mol. The van der Waals surface area contributed by atoms with Crippen LogP contribution in [-0.2, 0) is 10.3 Å². The molecule has 3 nitrogen and oxygen atoms in total. The fourth-order valence-corrected chi connectivity index (χ4v) is 2.03. The van der Waals surface area contributed by atoms with E-state index in [0.29, 0.717) is 10.0 Å². The van der Waals surface area contributed by atoms with Crippen LogP contribution < -0.4 is 0 Å². The lowest BCUT2D eigenvalue weighted by Gasteiger charge is -2.12. The van der Waals surface area contributed by atoms with Crippen molar-refractivity contribution in [2.24, 2.45) is 4.99 Å². The maximum atomic E-state index is 10.3. The summed E-state index contributed by atoms with van der Waals surface area (Å²) in [6.45, 7) is 1.90. The molecule has 4 heteroatoms. The Labute approximate surface area is 96.0 Å². The van der Waals surface area contributed by atoms with Gasteiger partial charge in [-0.15, -0.1) is 0 Å². The van der Waals surface area contributed by atoms with E-state index in [0.717, 1.165) is 18.4 Å². The second-order valence-electron chi connectivity index (χ2n) is 3.83. The minimum atomic E-state index is -0.512. The molecule has 0 saturated heterocycles. The summed E-state index contributed by atoms with van der Waals surface area (Å²) >= 11 is 3.31. The summed E-state index contributed by atoms with van der Waals surface area (Å²) in [7, 11) is 0. The summed E-state index contributed by atoms with van der Waals surface area (Å²) in [6.07, 6.45) is 3.17. The van der Waals surface area contributed by atoms with E-state index in [4.69, 9.17) is 0 Å². The minimum Gasteiger partial charge on any atom is -0.506 e. The first kappa shape index (κ1) is 10.4. The summed E-state index contributed by atoms with van der Waals surface area (Å²) in [4.78, 5) is 14.1. The van der Waals surface area contributed by atoms with Crippen LogP contribution in [0.2, 0.25) is 0 Å². The van der Waals surface area contributed by atoms with Crippen LogP contribution in [0.4, 0.5) is 0 Å². The molecular formula is C11H10BrNO2. The highest BCUT2D eigenvalue weighted by Gasteiger charge is 2.47. The Kier molecular flexibility index (Phi) is 2.41. The van der Waals surface area contributed by atoms with Gasteiger partial charge >= 0.3 is 0 Å². The normalized spacial score (nSPS) is 16.9. The number of isocyanates is 1. The molecule has 0 bridgehead atoms. The number of hydrogen-bond donors (Lipinski definition) is 1. The van der Waals surface area contributed by atoms with Gasteiger partial charge in [-0.2, -0.15) is 4.99 Å². The minimum absolute atomic E-state index is 0.187. The van der Waals surface area contributed by atoms with Crippen LogP contribution in [0, 0.1) is 6.92 Å². The molecule has 1 saturated carbocycles. The maximum absolute atomic E-state index is 10.3. The molecule has 0 aromatic heterocycles. The third-order valence-electron chi connectivity index (χ3n) is 2.79. The smallest absolute Gasteiger partial charge is 0.235 e. The molecule has 1 aromatic rings. The molecule has 1 fully saturated rings. The zero-order valence-corrected chi connectivity index (χ0v) is 9.84. The van der Waals surface area contributed by atoms with E-state index in [-0.39, 0.29) is 5.75 Å². The number of rotatable bonds is 2. The Morgan fingerprint density at radius 1 is 1.53 bits per heavy atom. The average molecular weight is 268 g/mol. The highest BCUT2D eigenvalue weighted by atomic mass is 79.9. The second-order valence-corrected chi connectivity index (χ2v) is 4.62. The first-order valence-electron chi connectivity index (χ1n) is 4.68. The van der Waals surface area contributed by atoms with Gasteiger partial charge in [0.1, 0.15) is 11.3 Å². The zero-order valence-electron chi connectivity index (χ0n) is 8.25. The predicted molar refractivity (Wildman–Crippen MR) is 59.6 cm³/mol. The lowest BCUT2D eigenvalue weighted by molar-refractivity contribution is 0.455. The first-order chi connectivity index (χ1) is 7.10. The first-order valence-corrected chi connectivity index (χ1v) is 5.47. The molecule has 0 heterocycles.